The van der Waals surface area contributed by atoms with Gasteiger partial charge in [-0.2, -0.15) is 0 Å². The molecule has 8 rings (SSSR count). The van der Waals surface area contributed by atoms with Gasteiger partial charge in [-0.1, -0.05) is 61.6 Å². The first-order chi connectivity index (χ1) is 20.1. The van der Waals surface area contributed by atoms with Gasteiger partial charge in [0.25, 0.3) is 0 Å². The number of anilines is 2. The van der Waals surface area contributed by atoms with Crippen molar-refractivity contribution in [3.05, 3.63) is 78.6 Å². The van der Waals surface area contributed by atoms with Crippen LogP contribution < -0.4 is 19.7 Å². The SMILES string of the molecule is CCC/C=C\P1c2c(-c3c(OC)cccc3OC)cccc2N(c2ccccc2)[C@@H]1CC12CC3CC(CC(C3)C1)C2. The number of para-hydroxylation sites is 1. The fourth-order valence-electron chi connectivity index (χ4n) is 9.29. The standard InChI is InChI=1S/C37H44NO2P/c1-4-5-9-18-41-34(25-37-22-26-19-27(23-37)21-28(20-26)24-37)38(29-12-7-6-8-13-29)31-15-10-14-30(36(31)41)35-32(39-2)16-11-17-33(35)40-3/h6-18,26-28,34H,4-5,19-25H2,1-3H3/b18-9-/t26?,27?,28?,34-,37?,41?/m0/s1. The van der Waals surface area contributed by atoms with Crippen LogP contribution in [0.2, 0.25) is 0 Å². The van der Waals surface area contributed by atoms with Crippen molar-refractivity contribution in [3.63, 3.8) is 0 Å². The molecule has 41 heavy (non-hydrogen) atoms. The number of ether oxygens (including phenoxy) is 2. The van der Waals surface area contributed by atoms with Gasteiger partial charge in [-0.3, -0.25) is 0 Å². The molecule has 0 aromatic heterocycles. The highest BCUT2D eigenvalue weighted by molar-refractivity contribution is 7.70. The maximum atomic E-state index is 5.96. The first-order valence-corrected chi connectivity index (χ1v) is 17.2. The van der Waals surface area contributed by atoms with Gasteiger partial charge in [0.05, 0.1) is 31.3 Å². The van der Waals surface area contributed by atoms with Crippen LogP contribution in [-0.4, -0.2) is 20.0 Å². The maximum Gasteiger partial charge on any atom is 0.130 e. The molecule has 1 aliphatic heterocycles. The lowest BCUT2D eigenvalue weighted by atomic mass is 9.49. The van der Waals surface area contributed by atoms with Crippen LogP contribution in [0.5, 0.6) is 11.5 Å². The van der Waals surface area contributed by atoms with E-state index in [1.165, 1.54) is 73.6 Å². The van der Waals surface area contributed by atoms with Crippen LogP contribution >= 0.6 is 7.92 Å². The molecule has 0 N–H and O–H groups in total. The number of rotatable bonds is 9. The monoisotopic (exact) mass is 565 g/mol. The molecule has 4 bridgehead atoms. The van der Waals surface area contributed by atoms with E-state index >= 15 is 0 Å². The number of benzene rings is 3. The van der Waals surface area contributed by atoms with Gasteiger partial charge in [0, 0.05) is 11.0 Å². The summed E-state index contributed by atoms with van der Waals surface area (Å²) < 4.78 is 11.9. The van der Waals surface area contributed by atoms with E-state index in [4.69, 9.17) is 9.47 Å². The van der Waals surface area contributed by atoms with Crippen molar-refractivity contribution in [3.8, 4) is 22.6 Å². The summed E-state index contributed by atoms with van der Waals surface area (Å²) in [4.78, 5) is 2.74. The molecule has 4 aliphatic carbocycles. The summed E-state index contributed by atoms with van der Waals surface area (Å²) >= 11 is 0. The normalized spacial score (nSPS) is 29.7. The second-order valence-electron chi connectivity index (χ2n) is 13.1. The van der Waals surface area contributed by atoms with E-state index in [1.807, 2.05) is 6.07 Å². The Bertz CT molecular complexity index is 1360. The lowest BCUT2D eigenvalue weighted by Gasteiger charge is -2.58. The van der Waals surface area contributed by atoms with Crippen molar-refractivity contribution in [2.75, 3.05) is 19.1 Å². The highest BCUT2D eigenvalue weighted by Crippen LogP contribution is 2.67. The Morgan fingerprint density at radius 2 is 1.46 bits per heavy atom. The van der Waals surface area contributed by atoms with Crippen LogP contribution in [0.3, 0.4) is 0 Å². The van der Waals surface area contributed by atoms with Gasteiger partial charge < -0.3 is 14.4 Å². The smallest absolute Gasteiger partial charge is 0.130 e. The molecular formula is C37H44NO2P. The summed E-state index contributed by atoms with van der Waals surface area (Å²) in [6, 6.07) is 24.3. The van der Waals surface area contributed by atoms with Gasteiger partial charge >= 0.3 is 0 Å². The minimum Gasteiger partial charge on any atom is -0.496 e. The molecule has 3 aromatic carbocycles. The third kappa shape index (κ3) is 4.79. The van der Waals surface area contributed by atoms with Crippen molar-refractivity contribution in [2.45, 2.75) is 70.5 Å². The van der Waals surface area contributed by atoms with Crippen LogP contribution in [-0.2, 0) is 0 Å². The maximum absolute atomic E-state index is 5.96. The zero-order valence-electron chi connectivity index (χ0n) is 24.9. The van der Waals surface area contributed by atoms with Gasteiger partial charge in [0.2, 0.25) is 0 Å². The highest BCUT2D eigenvalue weighted by atomic mass is 31.1. The lowest BCUT2D eigenvalue weighted by molar-refractivity contribution is -0.0570. The Kier molecular flexibility index (Phi) is 7.36. The van der Waals surface area contributed by atoms with E-state index in [2.05, 4.69) is 84.4 Å². The van der Waals surface area contributed by atoms with Crippen molar-refractivity contribution in [1.82, 2.24) is 0 Å². The van der Waals surface area contributed by atoms with Crippen molar-refractivity contribution >= 4 is 24.6 Å². The Morgan fingerprint density at radius 1 is 0.829 bits per heavy atom. The number of methoxy groups -OCH3 is 2. The molecule has 4 fully saturated rings. The predicted molar refractivity (Wildman–Crippen MR) is 173 cm³/mol. The molecule has 214 valence electrons. The Balaban J connectivity index is 1.41. The Labute approximate surface area is 247 Å². The van der Waals surface area contributed by atoms with Crippen molar-refractivity contribution < 1.29 is 9.47 Å². The van der Waals surface area contributed by atoms with E-state index in [-0.39, 0.29) is 0 Å². The molecule has 1 unspecified atom stereocenters. The number of allylic oxidation sites excluding steroid dienone is 1. The molecule has 3 aromatic rings. The van der Waals surface area contributed by atoms with E-state index in [0.29, 0.717) is 11.2 Å². The summed E-state index contributed by atoms with van der Waals surface area (Å²) in [5.41, 5.74) is 5.52. The molecule has 0 radical (unpaired) electrons. The fourth-order valence-corrected chi connectivity index (χ4v) is 12.3. The molecule has 0 saturated heterocycles. The largest absolute Gasteiger partial charge is 0.496 e. The number of unbranched alkanes of at least 4 members (excludes halogenated alkanes) is 1. The zero-order chi connectivity index (χ0) is 28.0. The van der Waals surface area contributed by atoms with Crippen LogP contribution in [0.15, 0.2) is 78.6 Å². The first kappa shape index (κ1) is 27.1. The molecular weight excluding hydrogens is 521 g/mol. The number of hydrogen-bond acceptors (Lipinski definition) is 3. The van der Waals surface area contributed by atoms with Crippen LogP contribution in [0, 0.1) is 23.2 Å². The molecule has 0 spiro atoms. The fraction of sp³-hybridized carbons (Fsp3) is 0.459. The summed E-state index contributed by atoms with van der Waals surface area (Å²) in [5, 5.41) is 1.48. The third-order valence-electron chi connectivity index (χ3n) is 10.4. The Hall–Kier alpha value is -2.77. The van der Waals surface area contributed by atoms with Gasteiger partial charge in [-0.05, 0) is 118 Å². The number of hydrogen-bond donors (Lipinski definition) is 0. The van der Waals surface area contributed by atoms with E-state index in [0.717, 1.165) is 41.2 Å². The van der Waals surface area contributed by atoms with Crippen molar-refractivity contribution in [1.29, 1.82) is 0 Å². The average Bonchev–Trinajstić information content (AvgIpc) is 3.28. The second-order valence-corrected chi connectivity index (χ2v) is 15.3. The van der Waals surface area contributed by atoms with Gasteiger partial charge in [-0.15, -0.1) is 0 Å². The lowest BCUT2D eigenvalue weighted by Crippen LogP contribution is -2.48. The molecule has 0 amide bonds. The summed E-state index contributed by atoms with van der Waals surface area (Å²) in [7, 11) is 2.95. The van der Waals surface area contributed by atoms with Crippen LogP contribution in [0.25, 0.3) is 11.1 Å². The zero-order valence-corrected chi connectivity index (χ0v) is 25.8. The molecule has 1 heterocycles. The molecule has 2 atom stereocenters. The van der Waals surface area contributed by atoms with E-state index in [9.17, 15) is 0 Å². The molecule has 4 saturated carbocycles. The number of nitrogens with zero attached hydrogens (tertiary/aromatic N) is 1. The van der Waals surface area contributed by atoms with Gasteiger partial charge in [-0.25, -0.2) is 0 Å². The third-order valence-corrected chi connectivity index (χ3v) is 13.0. The molecule has 5 aliphatic rings. The van der Waals surface area contributed by atoms with Gasteiger partial charge in [0.15, 0.2) is 0 Å². The van der Waals surface area contributed by atoms with Crippen LogP contribution in [0.1, 0.15) is 64.7 Å². The minimum atomic E-state index is -0.596. The number of fused-ring (bicyclic) bond motifs is 1. The average molecular weight is 566 g/mol. The predicted octanol–water partition coefficient (Wildman–Crippen LogP) is 9.88. The summed E-state index contributed by atoms with van der Waals surface area (Å²) in [6.07, 6.45) is 14.9. The topological polar surface area (TPSA) is 21.7 Å². The quantitative estimate of drug-likeness (QED) is 0.241. The van der Waals surface area contributed by atoms with E-state index < -0.39 is 7.92 Å². The van der Waals surface area contributed by atoms with Crippen molar-refractivity contribution in [2.24, 2.45) is 23.2 Å². The minimum absolute atomic E-state index is 0.452. The Morgan fingerprint density at radius 3 is 2.07 bits per heavy atom. The summed E-state index contributed by atoms with van der Waals surface area (Å²) in [6.45, 7) is 2.29. The molecule has 4 heteroatoms. The van der Waals surface area contributed by atoms with Crippen LogP contribution in [0.4, 0.5) is 11.4 Å². The second kappa shape index (κ2) is 11.1. The highest BCUT2D eigenvalue weighted by Gasteiger charge is 2.53. The first-order valence-electron chi connectivity index (χ1n) is 15.8. The molecule has 3 nitrogen and oxygen atoms in total. The van der Waals surface area contributed by atoms with Gasteiger partial charge in [0.1, 0.15) is 11.5 Å². The summed E-state index contributed by atoms with van der Waals surface area (Å²) in [5.74, 6) is 7.72. The van der Waals surface area contributed by atoms with E-state index in [1.54, 1.807) is 14.2 Å².